The summed E-state index contributed by atoms with van der Waals surface area (Å²) in [5.74, 6) is 0.858. The summed E-state index contributed by atoms with van der Waals surface area (Å²) in [5.41, 5.74) is 2.54. The Balaban J connectivity index is 2.14. The smallest absolute Gasteiger partial charge is 0.242 e. The van der Waals surface area contributed by atoms with Crippen molar-refractivity contribution in [2.75, 3.05) is 0 Å². The van der Waals surface area contributed by atoms with E-state index >= 15 is 0 Å². The summed E-state index contributed by atoms with van der Waals surface area (Å²) in [5, 5.41) is 0. The Morgan fingerprint density at radius 3 is 1.93 bits per heavy atom. The fourth-order valence-corrected chi connectivity index (χ4v) is 4.84. The summed E-state index contributed by atoms with van der Waals surface area (Å²) in [6.07, 6.45) is 0. The van der Waals surface area contributed by atoms with Crippen molar-refractivity contribution in [3.05, 3.63) is 58.1 Å². The maximum atomic E-state index is 13.2. The van der Waals surface area contributed by atoms with Crippen LogP contribution in [-0.2, 0) is 0 Å². The minimum Gasteiger partial charge on any atom is -0.544 e. The highest BCUT2D eigenvalue weighted by molar-refractivity contribution is 6.70. The largest absolute Gasteiger partial charge is 0.544 e. The summed E-state index contributed by atoms with van der Waals surface area (Å²) < 4.78 is 12.2. The van der Waals surface area contributed by atoms with Gasteiger partial charge in [-0.1, -0.05) is 0 Å². The Hall–Kier alpha value is -2.19. The Bertz CT molecular complexity index is 950. The van der Waals surface area contributed by atoms with Crippen LogP contribution in [0.5, 0.6) is 11.5 Å². The van der Waals surface area contributed by atoms with Gasteiger partial charge in [-0.3, -0.25) is 9.59 Å². The maximum Gasteiger partial charge on any atom is 0.242 e. The van der Waals surface area contributed by atoms with E-state index in [1.54, 1.807) is 24.3 Å². The zero-order valence-corrected chi connectivity index (χ0v) is 19.0. The van der Waals surface area contributed by atoms with Crippen LogP contribution in [0.2, 0.25) is 39.3 Å². The average molecular weight is 399 g/mol. The summed E-state index contributed by atoms with van der Waals surface area (Å²) >= 11 is 0. The first-order valence-corrected chi connectivity index (χ1v) is 15.9. The molecule has 0 fully saturated rings. The number of rotatable bonds is 4. The van der Waals surface area contributed by atoms with Crippen molar-refractivity contribution in [3.8, 4) is 11.5 Å². The lowest BCUT2D eigenvalue weighted by Crippen LogP contribution is -2.32. The summed E-state index contributed by atoms with van der Waals surface area (Å²) in [4.78, 5) is 26.4. The van der Waals surface area contributed by atoms with Crippen LogP contribution in [0.1, 0.15) is 37.4 Å². The predicted molar refractivity (Wildman–Crippen MR) is 112 cm³/mol. The lowest BCUT2D eigenvalue weighted by Gasteiger charge is -2.26. The van der Waals surface area contributed by atoms with Crippen LogP contribution >= 0.6 is 0 Å². The van der Waals surface area contributed by atoms with Gasteiger partial charge < -0.3 is 8.85 Å². The van der Waals surface area contributed by atoms with Crippen LogP contribution in [0.4, 0.5) is 0 Å². The quantitative estimate of drug-likeness (QED) is 0.567. The molecule has 0 aromatic heterocycles. The highest BCUT2D eigenvalue weighted by Crippen LogP contribution is 2.37. The Morgan fingerprint density at radius 1 is 0.704 bits per heavy atom. The molecule has 2 aromatic rings. The second kappa shape index (κ2) is 6.46. The van der Waals surface area contributed by atoms with Gasteiger partial charge in [0.15, 0.2) is 11.6 Å². The number of benzene rings is 2. The molecular weight excluding hydrogens is 372 g/mol. The van der Waals surface area contributed by atoms with Gasteiger partial charge in [0.25, 0.3) is 0 Å². The number of hydrogen-bond acceptors (Lipinski definition) is 4. The molecule has 0 aliphatic heterocycles. The van der Waals surface area contributed by atoms with Crippen LogP contribution in [0.3, 0.4) is 0 Å². The summed E-state index contributed by atoms with van der Waals surface area (Å²) in [6, 6.07) is 8.82. The number of ketones is 2. The monoisotopic (exact) mass is 398 g/mol. The van der Waals surface area contributed by atoms with E-state index in [0.29, 0.717) is 33.8 Å². The molecule has 0 heterocycles. The second-order valence-electron chi connectivity index (χ2n) is 8.98. The number of fused-ring (bicyclic) bond motifs is 2. The van der Waals surface area contributed by atoms with Crippen molar-refractivity contribution < 1.29 is 18.4 Å². The fourth-order valence-electron chi connectivity index (χ4n) is 3.18. The van der Waals surface area contributed by atoms with Crippen molar-refractivity contribution in [3.63, 3.8) is 0 Å². The molecule has 142 valence electrons. The molecule has 0 saturated heterocycles. The van der Waals surface area contributed by atoms with Crippen LogP contribution in [0.25, 0.3) is 0 Å². The zero-order chi connectivity index (χ0) is 20.1. The van der Waals surface area contributed by atoms with Crippen LogP contribution in [-0.4, -0.2) is 28.2 Å². The molecule has 0 saturated carbocycles. The van der Waals surface area contributed by atoms with Crippen LogP contribution in [0, 0.1) is 6.92 Å². The molecule has 6 heteroatoms. The van der Waals surface area contributed by atoms with Crippen molar-refractivity contribution in [2.45, 2.75) is 46.2 Å². The Morgan fingerprint density at radius 2 is 1.33 bits per heavy atom. The van der Waals surface area contributed by atoms with Crippen LogP contribution < -0.4 is 8.85 Å². The van der Waals surface area contributed by atoms with Gasteiger partial charge in [-0.15, -0.1) is 0 Å². The third kappa shape index (κ3) is 4.06. The highest BCUT2D eigenvalue weighted by Gasteiger charge is 2.34. The predicted octanol–water partition coefficient (Wildman–Crippen LogP) is 5.20. The molecule has 0 unspecified atom stereocenters. The van der Waals surface area contributed by atoms with E-state index in [0.717, 1.165) is 5.56 Å². The van der Waals surface area contributed by atoms with Gasteiger partial charge in [-0.2, -0.15) is 0 Å². The summed E-state index contributed by atoms with van der Waals surface area (Å²) in [6.45, 7) is 14.3. The van der Waals surface area contributed by atoms with E-state index in [-0.39, 0.29) is 11.6 Å². The van der Waals surface area contributed by atoms with E-state index < -0.39 is 16.6 Å². The molecule has 1 aliphatic rings. The molecule has 3 rings (SSSR count). The molecule has 4 nitrogen and oxygen atoms in total. The molecule has 27 heavy (non-hydrogen) atoms. The van der Waals surface area contributed by atoms with Gasteiger partial charge in [0, 0.05) is 16.7 Å². The molecular formula is C21H26O4Si2. The topological polar surface area (TPSA) is 52.6 Å². The molecule has 1 aliphatic carbocycles. The van der Waals surface area contributed by atoms with Crippen LogP contribution in [0.15, 0.2) is 30.3 Å². The standard InChI is InChI=1S/C21H26O4Si2/c1-13-10-17-19(18(11-13)25-27(5,6)7)21(23)15-9-8-14(24-26(2,3)4)12-16(15)20(17)22/h8-12H,1-7H3. The molecule has 0 bridgehead atoms. The van der Waals surface area contributed by atoms with Gasteiger partial charge in [0.05, 0.1) is 5.56 Å². The van der Waals surface area contributed by atoms with E-state index in [1.165, 1.54) is 0 Å². The fraction of sp³-hybridized carbons (Fsp3) is 0.333. The van der Waals surface area contributed by atoms with Gasteiger partial charge in [-0.25, -0.2) is 0 Å². The first-order chi connectivity index (χ1) is 12.4. The Labute approximate surface area is 162 Å². The van der Waals surface area contributed by atoms with Crippen molar-refractivity contribution in [1.29, 1.82) is 0 Å². The normalized spacial score (nSPS) is 13.9. The minimum atomic E-state index is -1.94. The van der Waals surface area contributed by atoms with E-state index in [4.69, 9.17) is 8.85 Å². The SMILES string of the molecule is Cc1cc(O[Si](C)(C)C)c2c(c1)C(=O)c1cc(O[Si](C)(C)C)ccc1C2=O. The highest BCUT2D eigenvalue weighted by atomic mass is 28.4. The second-order valence-corrected chi connectivity index (χ2v) is 17.8. The molecule has 0 N–H and O–H groups in total. The van der Waals surface area contributed by atoms with E-state index in [9.17, 15) is 9.59 Å². The lowest BCUT2D eigenvalue weighted by molar-refractivity contribution is 0.0977. The molecule has 0 amide bonds. The van der Waals surface area contributed by atoms with Gasteiger partial charge in [-0.05, 0) is 82.1 Å². The molecule has 0 radical (unpaired) electrons. The lowest BCUT2D eigenvalue weighted by atomic mass is 9.83. The molecule has 0 spiro atoms. The molecule has 0 atom stereocenters. The van der Waals surface area contributed by atoms with Gasteiger partial charge in [0.2, 0.25) is 16.6 Å². The van der Waals surface area contributed by atoms with Gasteiger partial charge in [0.1, 0.15) is 11.5 Å². The zero-order valence-electron chi connectivity index (χ0n) is 17.0. The number of aryl methyl sites for hydroxylation is 1. The van der Waals surface area contributed by atoms with Crippen molar-refractivity contribution in [1.82, 2.24) is 0 Å². The number of carbonyl (C=O) groups excluding carboxylic acids is 2. The van der Waals surface area contributed by atoms with Crippen molar-refractivity contribution >= 4 is 28.2 Å². The average Bonchev–Trinajstić information content (AvgIpc) is 2.48. The first-order valence-electron chi connectivity index (χ1n) is 9.12. The molecule has 2 aromatic carbocycles. The third-order valence-corrected chi connectivity index (χ3v) is 5.72. The third-order valence-electron chi connectivity index (χ3n) is 4.04. The van der Waals surface area contributed by atoms with E-state index in [2.05, 4.69) is 39.3 Å². The Kier molecular flexibility index (Phi) is 4.68. The van der Waals surface area contributed by atoms with Gasteiger partial charge >= 0.3 is 0 Å². The first kappa shape index (κ1) is 19.6. The maximum absolute atomic E-state index is 13.2. The number of carbonyl (C=O) groups is 2. The van der Waals surface area contributed by atoms with E-state index in [1.807, 2.05) is 13.0 Å². The summed E-state index contributed by atoms with van der Waals surface area (Å²) in [7, 11) is -3.75. The van der Waals surface area contributed by atoms with Crippen molar-refractivity contribution in [2.24, 2.45) is 0 Å². The minimum absolute atomic E-state index is 0.148. The number of hydrogen-bond donors (Lipinski definition) is 0.